The number of aryl methyl sites for hydroxylation is 3. The summed E-state index contributed by atoms with van der Waals surface area (Å²) in [6, 6.07) is 22.9. The first-order valence-corrected chi connectivity index (χ1v) is 15.1. The normalized spacial score (nSPS) is 17.5. The Morgan fingerprint density at radius 3 is 2.00 bits per heavy atom. The zero-order valence-electron chi connectivity index (χ0n) is 25.4. The van der Waals surface area contributed by atoms with Crippen LogP contribution in [0.25, 0.3) is 11.0 Å². The second-order valence-electron chi connectivity index (χ2n) is 11.3. The number of nitrogens with one attached hydrogen (secondary N) is 1. The largest absolute Gasteiger partial charge is 0.459 e. The summed E-state index contributed by atoms with van der Waals surface area (Å²) in [4.78, 5) is 47.6. The van der Waals surface area contributed by atoms with Gasteiger partial charge < -0.3 is 18.8 Å². The van der Waals surface area contributed by atoms with Gasteiger partial charge in [-0.05, 0) is 63.2 Å². The van der Waals surface area contributed by atoms with Gasteiger partial charge in [-0.15, -0.1) is 0 Å². The summed E-state index contributed by atoms with van der Waals surface area (Å²) in [6.07, 6.45) is -0.214. The van der Waals surface area contributed by atoms with Crippen molar-refractivity contribution in [3.05, 3.63) is 124 Å². The number of halogens is 1. The Labute approximate surface area is 270 Å². The Bertz CT molecular complexity index is 1910. The van der Waals surface area contributed by atoms with Crippen molar-refractivity contribution >= 4 is 46.4 Å². The molecule has 0 saturated carbocycles. The van der Waals surface area contributed by atoms with Crippen molar-refractivity contribution < 1.29 is 28.6 Å². The van der Waals surface area contributed by atoms with Crippen LogP contribution in [0.15, 0.2) is 85.1 Å². The summed E-state index contributed by atoms with van der Waals surface area (Å²) < 4.78 is 19.6. The van der Waals surface area contributed by atoms with E-state index >= 15 is 0 Å². The highest BCUT2D eigenvalue weighted by Crippen LogP contribution is 2.35. The first kappa shape index (κ1) is 30.9. The van der Waals surface area contributed by atoms with Gasteiger partial charge in [-0.3, -0.25) is 10.1 Å². The average Bonchev–Trinajstić information content (AvgIpc) is 3.65. The Morgan fingerprint density at radius 2 is 1.39 bits per heavy atom. The minimum atomic E-state index is -0.774. The maximum absolute atomic E-state index is 13.1. The zero-order chi connectivity index (χ0) is 32.4. The second-order valence-corrected chi connectivity index (χ2v) is 11.6. The number of hydrogen-bond donors (Lipinski definition) is 1. The van der Waals surface area contributed by atoms with E-state index in [1.165, 1.54) is 0 Å². The third-order valence-electron chi connectivity index (χ3n) is 7.77. The Balaban J connectivity index is 1.24. The van der Waals surface area contributed by atoms with Gasteiger partial charge in [-0.1, -0.05) is 64.7 Å². The molecule has 5 aromatic rings. The summed E-state index contributed by atoms with van der Waals surface area (Å²) in [7, 11) is 0. The quantitative estimate of drug-likeness (QED) is 0.148. The highest BCUT2D eigenvalue weighted by Gasteiger charge is 2.40. The van der Waals surface area contributed by atoms with E-state index in [9.17, 15) is 14.4 Å². The molecule has 46 heavy (non-hydrogen) atoms. The average molecular weight is 639 g/mol. The highest BCUT2D eigenvalue weighted by molar-refractivity contribution is 6.34. The van der Waals surface area contributed by atoms with Crippen molar-refractivity contribution in [3.63, 3.8) is 0 Å². The molecule has 1 aliphatic rings. The standard InChI is InChI=1S/C35H31ClN4O6/c1-20-4-10-23(11-5-20)32(41)39-35-37-30(36)26-16-17-40(31(26)38-35)29-18-27(46-34(43)25-14-8-22(3)9-15-25)28(45-29)19-44-33(42)24-12-6-21(2)7-13-24/h4-17,27-29H,18-19H2,1-3H3,(H,37,38,39,41)/t27-,28+,29+/m0/s1. The number of fused-ring (bicyclic) bond motifs is 1. The van der Waals surface area contributed by atoms with Crippen LogP contribution in [-0.4, -0.2) is 51.2 Å². The van der Waals surface area contributed by atoms with Gasteiger partial charge in [0.1, 0.15) is 35.8 Å². The minimum Gasteiger partial charge on any atom is -0.459 e. The molecule has 3 heterocycles. The van der Waals surface area contributed by atoms with Crippen LogP contribution >= 0.6 is 11.6 Å². The molecular formula is C35H31ClN4O6. The van der Waals surface area contributed by atoms with Crippen LogP contribution in [0.5, 0.6) is 0 Å². The van der Waals surface area contributed by atoms with E-state index in [0.717, 1.165) is 16.7 Å². The smallest absolute Gasteiger partial charge is 0.338 e. The molecule has 6 rings (SSSR count). The third-order valence-corrected chi connectivity index (χ3v) is 8.05. The van der Waals surface area contributed by atoms with Crippen LogP contribution in [0.3, 0.4) is 0 Å². The first-order chi connectivity index (χ1) is 22.1. The molecule has 1 aliphatic heterocycles. The van der Waals surface area contributed by atoms with Crippen molar-refractivity contribution in [3.8, 4) is 0 Å². The molecule has 2 aromatic heterocycles. The van der Waals surface area contributed by atoms with Crippen LogP contribution in [0.4, 0.5) is 5.95 Å². The van der Waals surface area contributed by atoms with Crippen LogP contribution in [-0.2, 0) is 14.2 Å². The summed E-state index contributed by atoms with van der Waals surface area (Å²) in [5.41, 5.74) is 4.70. The van der Waals surface area contributed by atoms with Gasteiger partial charge in [0.2, 0.25) is 5.95 Å². The Morgan fingerprint density at radius 1 is 0.826 bits per heavy atom. The number of rotatable bonds is 8. The number of esters is 2. The molecule has 11 heteroatoms. The molecule has 1 amide bonds. The summed E-state index contributed by atoms with van der Waals surface area (Å²) in [5.74, 6) is -1.40. The van der Waals surface area contributed by atoms with Crippen LogP contribution < -0.4 is 5.32 Å². The number of anilines is 1. The Kier molecular flexibility index (Phi) is 8.83. The van der Waals surface area contributed by atoms with Gasteiger partial charge >= 0.3 is 11.9 Å². The Hall–Kier alpha value is -5.06. The van der Waals surface area contributed by atoms with Gasteiger partial charge in [-0.2, -0.15) is 9.97 Å². The molecule has 0 unspecified atom stereocenters. The monoisotopic (exact) mass is 638 g/mol. The maximum Gasteiger partial charge on any atom is 0.338 e. The van der Waals surface area contributed by atoms with Crippen molar-refractivity contribution in [2.75, 3.05) is 11.9 Å². The lowest BCUT2D eigenvalue weighted by Crippen LogP contribution is -2.32. The van der Waals surface area contributed by atoms with E-state index in [4.69, 9.17) is 25.8 Å². The predicted molar refractivity (Wildman–Crippen MR) is 172 cm³/mol. The molecule has 0 radical (unpaired) electrons. The van der Waals surface area contributed by atoms with Crippen molar-refractivity contribution in [1.82, 2.24) is 14.5 Å². The fourth-order valence-electron chi connectivity index (χ4n) is 5.13. The minimum absolute atomic E-state index is 0.0203. The van der Waals surface area contributed by atoms with Gasteiger partial charge in [0.05, 0.1) is 16.5 Å². The molecule has 0 spiro atoms. The lowest BCUT2D eigenvalue weighted by atomic mass is 10.1. The SMILES string of the molecule is Cc1ccc(C(=O)Nc2nc(Cl)c3ccn([C@H]4C[C@H](OC(=O)c5ccc(C)cc5)[C@@H](COC(=O)c5ccc(C)cc5)O4)c3n2)cc1. The van der Waals surface area contributed by atoms with Gasteiger partial charge in [0.15, 0.2) is 0 Å². The molecule has 0 aliphatic carbocycles. The number of hydrogen-bond acceptors (Lipinski definition) is 8. The molecule has 10 nitrogen and oxygen atoms in total. The van der Waals surface area contributed by atoms with E-state index in [2.05, 4.69) is 15.3 Å². The summed E-state index contributed by atoms with van der Waals surface area (Å²) >= 11 is 6.51. The van der Waals surface area contributed by atoms with E-state index in [1.807, 2.05) is 57.2 Å². The molecule has 3 atom stereocenters. The topological polar surface area (TPSA) is 122 Å². The third kappa shape index (κ3) is 6.78. The van der Waals surface area contributed by atoms with Crippen LogP contribution in [0.1, 0.15) is 60.4 Å². The fraction of sp³-hybridized carbons (Fsp3) is 0.229. The van der Waals surface area contributed by atoms with Crippen LogP contribution in [0, 0.1) is 20.8 Å². The highest BCUT2D eigenvalue weighted by atomic mass is 35.5. The number of carbonyl (C=O) groups excluding carboxylic acids is 3. The van der Waals surface area contributed by atoms with Gasteiger partial charge in [-0.25, -0.2) is 9.59 Å². The molecule has 1 N–H and O–H groups in total. The number of carbonyl (C=O) groups is 3. The second kappa shape index (κ2) is 13.1. The van der Waals surface area contributed by atoms with E-state index < -0.39 is 30.4 Å². The number of ether oxygens (including phenoxy) is 3. The van der Waals surface area contributed by atoms with Crippen molar-refractivity contribution in [2.24, 2.45) is 0 Å². The first-order valence-electron chi connectivity index (χ1n) is 14.7. The number of nitrogens with zero attached hydrogens (tertiary/aromatic N) is 3. The van der Waals surface area contributed by atoms with E-state index in [0.29, 0.717) is 27.7 Å². The molecular weight excluding hydrogens is 608 g/mol. The number of aromatic nitrogens is 3. The van der Waals surface area contributed by atoms with Gasteiger partial charge in [0, 0.05) is 18.2 Å². The lowest BCUT2D eigenvalue weighted by molar-refractivity contribution is -0.0562. The number of benzene rings is 3. The fourth-order valence-corrected chi connectivity index (χ4v) is 5.36. The van der Waals surface area contributed by atoms with Crippen LogP contribution in [0.2, 0.25) is 5.15 Å². The number of amides is 1. The maximum atomic E-state index is 13.1. The zero-order valence-corrected chi connectivity index (χ0v) is 26.2. The molecule has 1 saturated heterocycles. The predicted octanol–water partition coefficient (Wildman–Crippen LogP) is 6.63. The molecule has 234 valence electrons. The lowest BCUT2D eigenvalue weighted by Gasteiger charge is -2.19. The molecule has 1 fully saturated rings. The molecule has 0 bridgehead atoms. The van der Waals surface area contributed by atoms with E-state index in [1.54, 1.807) is 53.2 Å². The van der Waals surface area contributed by atoms with E-state index in [-0.39, 0.29) is 30.0 Å². The van der Waals surface area contributed by atoms with Crippen molar-refractivity contribution in [2.45, 2.75) is 45.6 Å². The summed E-state index contributed by atoms with van der Waals surface area (Å²) in [6.45, 7) is 5.64. The van der Waals surface area contributed by atoms with Crippen molar-refractivity contribution in [1.29, 1.82) is 0 Å². The molecule has 3 aromatic carbocycles. The van der Waals surface area contributed by atoms with Gasteiger partial charge in [0.25, 0.3) is 5.91 Å². The summed E-state index contributed by atoms with van der Waals surface area (Å²) in [5, 5.41) is 3.40.